The molecular weight excluding hydrogens is 496 g/mol. The number of hydrogen-bond donors (Lipinski definition) is 2. The number of benzene rings is 2. The summed E-state index contributed by atoms with van der Waals surface area (Å²) >= 11 is 0. The summed E-state index contributed by atoms with van der Waals surface area (Å²) in [5.74, 6) is -0.924. The van der Waals surface area contributed by atoms with Crippen molar-refractivity contribution in [2.45, 2.75) is 83.2 Å². The molecule has 4 rings (SSSR count). The van der Waals surface area contributed by atoms with Crippen molar-refractivity contribution < 1.29 is 28.9 Å². The van der Waals surface area contributed by atoms with Gasteiger partial charge in [-0.25, -0.2) is 0 Å². The Balaban J connectivity index is 1.54. The first-order chi connectivity index (χ1) is 18.9. The van der Waals surface area contributed by atoms with Crippen LogP contribution in [-0.4, -0.2) is 53.2 Å². The molecule has 8 nitrogen and oxygen atoms in total. The number of aliphatic hydroxyl groups is 1. The quantitative estimate of drug-likeness (QED) is 0.307. The molecule has 2 aliphatic rings. The van der Waals surface area contributed by atoms with E-state index in [1.807, 2.05) is 48.5 Å². The van der Waals surface area contributed by atoms with Gasteiger partial charge in [-0.3, -0.25) is 14.5 Å². The molecule has 39 heavy (non-hydrogen) atoms. The Morgan fingerprint density at radius 3 is 2.56 bits per heavy atom. The molecule has 2 aromatic carbocycles. The monoisotopic (exact) mass is 536 g/mol. The second kappa shape index (κ2) is 13.8. The lowest BCUT2D eigenvalue weighted by Gasteiger charge is -2.39. The number of esters is 1. The van der Waals surface area contributed by atoms with Crippen LogP contribution >= 0.6 is 0 Å². The third-order valence-electron chi connectivity index (χ3n) is 7.40. The number of aliphatic hydroxyl groups excluding tert-OH is 1. The lowest BCUT2D eigenvalue weighted by atomic mass is 9.99. The Kier molecular flexibility index (Phi) is 10.3. The minimum absolute atomic E-state index is 0.00729. The number of carbonyl (C=O) groups is 2. The van der Waals surface area contributed by atoms with Gasteiger partial charge in [-0.1, -0.05) is 55.3 Å². The number of carbonyl (C=O) groups excluding carboxylic acids is 2. The van der Waals surface area contributed by atoms with Crippen molar-refractivity contribution in [3.63, 3.8) is 0 Å². The molecule has 0 bridgehead atoms. The van der Waals surface area contributed by atoms with Crippen LogP contribution in [0.1, 0.15) is 75.0 Å². The molecule has 0 unspecified atom stereocenters. The summed E-state index contributed by atoms with van der Waals surface area (Å²) in [6, 6.07) is 15.7. The fraction of sp³-hybridized carbons (Fsp3) is 0.484. The molecule has 1 aliphatic carbocycles. The highest BCUT2D eigenvalue weighted by Crippen LogP contribution is 2.39. The lowest BCUT2D eigenvalue weighted by Crippen LogP contribution is -2.43. The molecule has 4 atom stereocenters. The lowest BCUT2D eigenvalue weighted by molar-refractivity contribution is -0.253. The highest BCUT2D eigenvalue weighted by molar-refractivity contribution is 5.95. The molecular formula is C31H40N2O6. The third kappa shape index (κ3) is 7.99. The molecule has 0 aromatic heterocycles. The van der Waals surface area contributed by atoms with E-state index in [1.165, 1.54) is 39.5 Å². The van der Waals surface area contributed by atoms with Crippen LogP contribution < -0.4 is 5.32 Å². The van der Waals surface area contributed by atoms with E-state index in [9.17, 15) is 14.7 Å². The van der Waals surface area contributed by atoms with Gasteiger partial charge in [-0.05, 0) is 43.0 Å². The Hall–Kier alpha value is -3.04. The van der Waals surface area contributed by atoms with Crippen LogP contribution in [0.15, 0.2) is 61.2 Å². The number of rotatable bonds is 11. The number of hydrogen-bond acceptors (Lipinski definition) is 7. The molecule has 210 valence electrons. The van der Waals surface area contributed by atoms with Crippen LogP contribution in [0.25, 0.3) is 0 Å². The molecule has 1 saturated heterocycles. The minimum atomic E-state index is -0.907. The maximum absolute atomic E-state index is 12.5. The number of amides is 1. The van der Waals surface area contributed by atoms with Crippen LogP contribution in [0.4, 0.5) is 5.69 Å². The summed E-state index contributed by atoms with van der Waals surface area (Å²) in [7, 11) is 0. The van der Waals surface area contributed by atoms with Crippen LogP contribution in [0, 0.1) is 0 Å². The molecule has 8 heteroatoms. The van der Waals surface area contributed by atoms with Gasteiger partial charge < -0.3 is 24.6 Å². The molecule has 2 fully saturated rings. The van der Waals surface area contributed by atoms with E-state index in [-0.39, 0.29) is 18.8 Å². The highest BCUT2D eigenvalue weighted by atomic mass is 16.7. The maximum Gasteiger partial charge on any atom is 0.303 e. The van der Waals surface area contributed by atoms with Crippen molar-refractivity contribution in [3.05, 3.63) is 77.9 Å². The molecule has 2 N–H and O–H groups in total. The first kappa shape index (κ1) is 29.0. The second-order valence-electron chi connectivity index (χ2n) is 10.4. The zero-order chi connectivity index (χ0) is 27.8. The smallest absolute Gasteiger partial charge is 0.303 e. The normalized spacial score (nSPS) is 22.4. The Morgan fingerprint density at radius 2 is 1.90 bits per heavy atom. The maximum atomic E-state index is 12.5. The van der Waals surface area contributed by atoms with Gasteiger partial charge in [0.05, 0.1) is 18.8 Å². The molecule has 1 saturated carbocycles. The second-order valence-corrected chi connectivity index (χ2v) is 10.4. The Morgan fingerprint density at radius 1 is 1.15 bits per heavy atom. The standard InChI is InChI=1S/C31H40N2O6/c1-4-16-33(27-10-5-6-11-27)19-28-18-29(24-14-12-23(20-34)13-15-24)39-31(38-28)25-8-7-9-26(17-25)32-30(36)21(2)37-22(3)35/h4,7-9,12-15,17,21,27-29,31,34H,1,5-6,10-11,16,18-20H2,2-3H3,(H,32,36)/t21-,28-,29+,31+/m0/s1. The molecule has 1 heterocycles. The molecule has 1 amide bonds. The van der Waals surface area contributed by atoms with E-state index in [2.05, 4.69) is 16.8 Å². The summed E-state index contributed by atoms with van der Waals surface area (Å²) in [5, 5.41) is 12.3. The van der Waals surface area contributed by atoms with Gasteiger partial charge in [-0.2, -0.15) is 0 Å². The molecule has 2 aromatic rings. The van der Waals surface area contributed by atoms with E-state index in [1.54, 1.807) is 6.07 Å². The van der Waals surface area contributed by atoms with Crippen LogP contribution in [0.2, 0.25) is 0 Å². The average molecular weight is 537 g/mol. The largest absolute Gasteiger partial charge is 0.453 e. The number of anilines is 1. The molecule has 0 radical (unpaired) electrons. The van der Waals surface area contributed by atoms with E-state index in [0.717, 1.165) is 29.8 Å². The number of ether oxygens (including phenoxy) is 3. The third-order valence-corrected chi connectivity index (χ3v) is 7.40. The van der Waals surface area contributed by atoms with Gasteiger partial charge in [0.1, 0.15) is 0 Å². The predicted molar refractivity (Wildman–Crippen MR) is 149 cm³/mol. The Bertz CT molecular complexity index is 1110. The van der Waals surface area contributed by atoms with Crippen molar-refractivity contribution in [1.82, 2.24) is 4.90 Å². The predicted octanol–water partition coefficient (Wildman–Crippen LogP) is 5.05. The average Bonchev–Trinajstić information content (AvgIpc) is 3.48. The van der Waals surface area contributed by atoms with E-state index in [0.29, 0.717) is 18.2 Å². The van der Waals surface area contributed by atoms with Crippen LogP contribution in [-0.2, 0) is 30.4 Å². The highest BCUT2D eigenvalue weighted by Gasteiger charge is 2.34. The van der Waals surface area contributed by atoms with E-state index < -0.39 is 24.3 Å². The first-order valence-corrected chi connectivity index (χ1v) is 13.8. The molecule has 0 spiro atoms. The molecule has 1 aliphatic heterocycles. The van der Waals surface area contributed by atoms with Gasteiger partial charge in [0, 0.05) is 43.7 Å². The zero-order valence-corrected chi connectivity index (χ0v) is 22.9. The van der Waals surface area contributed by atoms with Crippen LogP contribution in [0.5, 0.6) is 0 Å². The first-order valence-electron chi connectivity index (χ1n) is 13.8. The van der Waals surface area contributed by atoms with Crippen molar-refractivity contribution >= 4 is 17.6 Å². The van der Waals surface area contributed by atoms with Crippen molar-refractivity contribution in [2.75, 3.05) is 18.4 Å². The number of nitrogens with one attached hydrogen (secondary N) is 1. The zero-order valence-electron chi connectivity index (χ0n) is 22.9. The fourth-order valence-corrected chi connectivity index (χ4v) is 5.41. The SMILES string of the molecule is C=CCN(C[C@@H]1C[C@H](c2ccc(CO)cc2)O[C@H](c2cccc(NC(=O)[C@H](C)OC(C)=O)c2)O1)C1CCCC1. The van der Waals surface area contributed by atoms with Gasteiger partial charge in [-0.15, -0.1) is 6.58 Å². The van der Waals surface area contributed by atoms with E-state index >= 15 is 0 Å². The van der Waals surface area contributed by atoms with Crippen molar-refractivity contribution in [3.8, 4) is 0 Å². The van der Waals surface area contributed by atoms with Crippen molar-refractivity contribution in [2.24, 2.45) is 0 Å². The van der Waals surface area contributed by atoms with Gasteiger partial charge in [0.15, 0.2) is 12.4 Å². The van der Waals surface area contributed by atoms with Gasteiger partial charge in [0.2, 0.25) is 0 Å². The topological polar surface area (TPSA) is 97.3 Å². The van der Waals surface area contributed by atoms with Gasteiger partial charge >= 0.3 is 5.97 Å². The summed E-state index contributed by atoms with van der Waals surface area (Å²) in [4.78, 5) is 26.2. The summed E-state index contributed by atoms with van der Waals surface area (Å²) in [5.41, 5.74) is 3.23. The fourth-order valence-electron chi connectivity index (χ4n) is 5.41. The van der Waals surface area contributed by atoms with Gasteiger partial charge in [0.25, 0.3) is 5.91 Å². The summed E-state index contributed by atoms with van der Waals surface area (Å²) < 4.78 is 18.0. The minimum Gasteiger partial charge on any atom is -0.453 e. The van der Waals surface area contributed by atoms with Crippen LogP contribution in [0.3, 0.4) is 0 Å². The van der Waals surface area contributed by atoms with E-state index in [4.69, 9.17) is 14.2 Å². The Labute approximate surface area is 230 Å². The van der Waals surface area contributed by atoms with Crippen molar-refractivity contribution in [1.29, 1.82) is 0 Å². The number of nitrogens with zero attached hydrogens (tertiary/aromatic N) is 1. The summed E-state index contributed by atoms with van der Waals surface area (Å²) in [6.07, 6.45) is 5.74. The summed E-state index contributed by atoms with van der Waals surface area (Å²) in [6.45, 7) is 8.37.